The van der Waals surface area contributed by atoms with Crippen molar-refractivity contribution in [2.75, 3.05) is 0 Å². The van der Waals surface area contributed by atoms with E-state index in [1.54, 1.807) is 0 Å². The lowest BCUT2D eigenvalue weighted by Gasteiger charge is -2.00. The largest absolute Gasteiger partial charge is 0.365 e. The minimum Gasteiger partial charge on any atom is -0.365 e. The van der Waals surface area contributed by atoms with E-state index in [1.165, 1.54) is 18.2 Å². The van der Waals surface area contributed by atoms with Gasteiger partial charge in [-0.15, -0.1) is 0 Å². The summed E-state index contributed by atoms with van der Waals surface area (Å²) in [5, 5.41) is 10.5. The number of carbonyl (C=O) groups excluding carboxylic acids is 2. The third kappa shape index (κ3) is 2.04. The first kappa shape index (κ1) is 10.6. The Hall–Kier alpha value is -2.53. The summed E-state index contributed by atoms with van der Waals surface area (Å²) in [4.78, 5) is 33.9. The Morgan fingerprint density at radius 3 is 2.67 bits per heavy atom. The molecule has 0 bridgehead atoms. The molecule has 7 nitrogen and oxygen atoms in total. The highest BCUT2D eigenvalue weighted by Gasteiger charge is 2.21. The van der Waals surface area contributed by atoms with Crippen LogP contribution in [0.4, 0.5) is 11.4 Å². The summed E-state index contributed by atoms with van der Waals surface area (Å²) in [6.07, 6.45) is 1.19. The predicted molar refractivity (Wildman–Crippen MR) is 49.4 cm³/mol. The molecule has 0 spiro atoms. The minimum absolute atomic E-state index is 0.160. The zero-order valence-electron chi connectivity index (χ0n) is 7.34. The Morgan fingerprint density at radius 2 is 2.20 bits per heavy atom. The molecule has 0 aliphatic rings. The number of aliphatic imine (C=N–C) groups is 1. The van der Waals surface area contributed by atoms with Crippen LogP contribution in [-0.4, -0.2) is 16.9 Å². The van der Waals surface area contributed by atoms with E-state index in [4.69, 9.17) is 5.73 Å². The van der Waals surface area contributed by atoms with Gasteiger partial charge in [-0.1, -0.05) is 6.07 Å². The number of rotatable bonds is 3. The quantitative estimate of drug-likeness (QED) is 0.339. The molecule has 0 saturated carbocycles. The third-order valence-corrected chi connectivity index (χ3v) is 1.63. The number of hydrogen-bond donors (Lipinski definition) is 1. The predicted octanol–water partition coefficient (Wildman–Crippen LogP) is 0.661. The molecule has 0 radical (unpaired) electrons. The molecule has 2 N–H and O–H groups in total. The van der Waals surface area contributed by atoms with Crippen molar-refractivity contribution in [3.05, 3.63) is 33.9 Å². The fourth-order valence-corrected chi connectivity index (χ4v) is 1.08. The molecule has 76 valence electrons. The summed E-state index contributed by atoms with van der Waals surface area (Å²) in [6.45, 7) is 0. The maximum Gasteiger partial charge on any atom is 0.284 e. The second-order valence-electron chi connectivity index (χ2n) is 2.50. The summed E-state index contributed by atoms with van der Waals surface area (Å²) >= 11 is 0. The second-order valence-corrected chi connectivity index (χ2v) is 2.50. The number of nitrogens with two attached hydrogens (primary N) is 1. The summed E-state index contributed by atoms with van der Waals surface area (Å²) < 4.78 is 0. The van der Waals surface area contributed by atoms with Crippen LogP contribution in [0, 0.1) is 10.1 Å². The van der Waals surface area contributed by atoms with Gasteiger partial charge < -0.3 is 5.73 Å². The molecule has 0 aliphatic carbocycles. The van der Waals surface area contributed by atoms with Crippen LogP contribution < -0.4 is 5.73 Å². The fourth-order valence-electron chi connectivity index (χ4n) is 1.08. The summed E-state index contributed by atoms with van der Waals surface area (Å²) in [5.74, 6) is -1.02. The molecule has 0 fully saturated rings. The van der Waals surface area contributed by atoms with Crippen molar-refractivity contribution >= 4 is 23.4 Å². The Balaban J connectivity index is 3.55. The van der Waals surface area contributed by atoms with Gasteiger partial charge in [0.1, 0.15) is 5.56 Å². The molecule has 1 rings (SSSR count). The highest BCUT2D eigenvalue weighted by Crippen LogP contribution is 2.27. The average Bonchev–Trinajstić information content (AvgIpc) is 2.17. The van der Waals surface area contributed by atoms with E-state index in [-0.39, 0.29) is 5.69 Å². The molecule has 0 atom stereocenters. The zero-order valence-corrected chi connectivity index (χ0v) is 7.34. The molecule has 1 aromatic rings. The molecular weight excluding hydrogens is 202 g/mol. The molecule has 0 unspecified atom stereocenters. The third-order valence-electron chi connectivity index (χ3n) is 1.63. The summed E-state index contributed by atoms with van der Waals surface area (Å²) in [6, 6.07) is 3.66. The van der Waals surface area contributed by atoms with Gasteiger partial charge in [-0.2, -0.15) is 4.99 Å². The Kier molecular flexibility index (Phi) is 2.90. The van der Waals surface area contributed by atoms with Crippen molar-refractivity contribution in [3.8, 4) is 0 Å². The van der Waals surface area contributed by atoms with E-state index >= 15 is 0 Å². The van der Waals surface area contributed by atoms with Crippen molar-refractivity contribution in [1.82, 2.24) is 0 Å². The Labute approximate surface area is 83.4 Å². The number of amides is 1. The van der Waals surface area contributed by atoms with Crippen LogP contribution in [0.1, 0.15) is 10.4 Å². The summed E-state index contributed by atoms with van der Waals surface area (Å²) in [7, 11) is 0. The van der Waals surface area contributed by atoms with E-state index in [0.717, 1.165) is 6.07 Å². The number of primary amides is 1. The van der Waals surface area contributed by atoms with Crippen LogP contribution in [0.3, 0.4) is 0 Å². The van der Waals surface area contributed by atoms with Gasteiger partial charge in [0.25, 0.3) is 11.6 Å². The Bertz CT molecular complexity index is 457. The number of isocyanates is 1. The van der Waals surface area contributed by atoms with Crippen LogP contribution in [-0.2, 0) is 4.79 Å². The lowest BCUT2D eigenvalue weighted by Crippen LogP contribution is -2.13. The average molecular weight is 207 g/mol. The van der Waals surface area contributed by atoms with E-state index in [1.807, 2.05) is 0 Å². The van der Waals surface area contributed by atoms with Crippen LogP contribution in [0.5, 0.6) is 0 Å². The van der Waals surface area contributed by atoms with Gasteiger partial charge in [0, 0.05) is 6.07 Å². The standard InChI is InChI=1S/C8H5N3O4/c9-8(13)7-5(10-4-12)2-1-3-6(7)11(14)15/h1-3H,(H2,9,13). The smallest absolute Gasteiger partial charge is 0.284 e. The molecule has 1 aromatic carbocycles. The molecule has 0 aliphatic heterocycles. The van der Waals surface area contributed by atoms with Gasteiger partial charge in [-0.25, -0.2) is 4.79 Å². The first-order chi connectivity index (χ1) is 7.07. The van der Waals surface area contributed by atoms with E-state index < -0.39 is 22.1 Å². The van der Waals surface area contributed by atoms with Crippen molar-refractivity contribution in [3.63, 3.8) is 0 Å². The molecule has 15 heavy (non-hydrogen) atoms. The topological polar surface area (TPSA) is 116 Å². The number of nitrogens with zero attached hydrogens (tertiary/aromatic N) is 2. The highest BCUT2D eigenvalue weighted by molar-refractivity contribution is 6.02. The van der Waals surface area contributed by atoms with Crippen LogP contribution in [0.25, 0.3) is 0 Å². The molecule has 0 saturated heterocycles. The van der Waals surface area contributed by atoms with Gasteiger partial charge in [-0.3, -0.25) is 14.9 Å². The maximum absolute atomic E-state index is 10.9. The van der Waals surface area contributed by atoms with E-state index in [2.05, 4.69) is 4.99 Å². The van der Waals surface area contributed by atoms with Crippen molar-refractivity contribution in [1.29, 1.82) is 0 Å². The van der Waals surface area contributed by atoms with E-state index in [0.29, 0.717) is 0 Å². The Morgan fingerprint density at radius 1 is 1.53 bits per heavy atom. The number of nitro groups is 1. The van der Waals surface area contributed by atoms with Crippen molar-refractivity contribution in [2.24, 2.45) is 10.7 Å². The lowest BCUT2D eigenvalue weighted by molar-refractivity contribution is -0.385. The monoisotopic (exact) mass is 207 g/mol. The first-order valence-electron chi connectivity index (χ1n) is 3.73. The van der Waals surface area contributed by atoms with Gasteiger partial charge in [0.15, 0.2) is 0 Å². The first-order valence-corrected chi connectivity index (χ1v) is 3.73. The van der Waals surface area contributed by atoms with Crippen LogP contribution >= 0.6 is 0 Å². The van der Waals surface area contributed by atoms with Gasteiger partial charge in [0.05, 0.1) is 10.6 Å². The molecule has 0 aromatic heterocycles. The fraction of sp³-hybridized carbons (Fsp3) is 0. The van der Waals surface area contributed by atoms with Gasteiger partial charge in [-0.05, 0) is 6.07 Å². The number of nitro benzene ring substituents is 1. The van der Waals surface area contributed by atoms with Gasteiger partial charge in [0.2, 0.25) is 6.08 Å². The van der Waals surface area contributed by atoms with Crippen LogP contribution in [0.15, 0.2) is 23.2 Å². The van der Waals surface area contributed by atoms with Crippen molar-refractivity contribution in [2.45, 2.75) is 0 Å². The second kappa shape index (κ2) is 4.12. The van der Waals surface area contributed by atoms with Gasteiger partial charge >= 0.3 is 0 Å². The zero-order chi connectivity index (χ0) is 11.4. The SMILES string of the molecule is NC(=O)c1c(N=C=O)cccc1[N+](=O)[O-]. The van der Waals surface area contributed by atoms with Crippen molar-refractivity contribution < 1.29 is 14.5 Å². The molecule has 1 amide bonds. The molecular formula is C8H5N3O4. The minimum atomic E-state index is -1.02. The molecule has 0 heterocycles. The lowest BCUT2D eigenvalue weighted by atomic mass is 10.1. The molecule has 7 heteroatoms. The number of hydrogen-bond acceptors (Lipinski definition) is 5. The van der Waals surface area contributed by atoms with E-state index in [9.17, 15) is 19.7 Å². The number of carbonyl (C=O) groups is 1. The normalized spacial score (nSPS) is 9.07. The summed E-state index contributed by atoms with van der Waals surface area (Å²) in [5.41, 5.74) is 3.91. The van der Waals surface area contributed by atoms with Crippen LogP contribution in [0.2, 0.25) is 0 Å². The number of benzene rings is 1. The maximum atomic E-state index is 10.9. The highest BCUT2D eigenvalue weighted by atomic mass is 16.6.